The van der Waals surface area contributed by atoms with Crippen LogP contribution in [0.2, 0.25) is 0 Å². The molecule has 1 rings (SSSR count). The molecular formula is C14H23N3O. The van der Waals surface area contributed by atoms with Gasteiger partial charge in [-0.25, -0.2) is 0 Å². The lowest BCUT2D eigenvalue weighted by molar-refractivity contribution is -0.117. The largest absolute Gasteiger partial charge is 0.384 e. The Morgan fingerprint density at radius 1 is 1.17 bits per heavy atom. The maximum atomic E-state index is 10.8. The number of hydrogen-bond donors (Lipinski definition) is 3. The number of anilines is 1. The number of benzene rings is 1. The van der Waals surface area contributed by atoms with E-state index in [1.807, 2.05) is 24.3 Å². The van der Waals surface area contributed by atoms with Crippen LogP contribution in [0.4, 0.5) is 5.69 Å². The minimum atomic E-state index is -0.301. The molecule has 0 aliphatic carbocycles. The van der Waals surface area contributed by atoms with Crippen LogP contribution >= 0.6 is 0 Å². The van der Waals surface area contributed by atoms with Crippen molar-refractivity contribution in [3.8, 4) is 0 Å². The molecule has 0 fully saturated rings. The van der Waals surface area contributed by atoms with Gasteiger partial charge in [-0.1, -0.05) is 12.1 Å². The number of rotatable bonds is 6. The summed E-state index contributed by atoms with van der Waals surface area (Å²) in [6.45, 7) is 8.21. The van der Waals surface area contributed by atoms with E-state index >= 15 is 0 Å². The SMILES string of the molecule is CC(C)(C)NCCNc1ccc(CC(N)=O)cc1. The normalized spacial score (nSPS) is 11.3. The zero-order chi connectivity index (χ0) is 13.6. The molecule has 0 saturated carbocycles. The number of nitrogens with one attached hydrogen (secondary N) is 2. The maximum absolute atomic E-state index is 10.8. The van der Waals surface area contributed by atoms with Crippen molar-refractivity contribution in [3.63, 3.8) is 0 Å². The van der Waals surface area contributed by atoms with E-state index in [1.54, 1.807) is 0 Å². The molecule has 1 aromatic carbocycles. The molecule has 0 saturated heterocycles. The molecule has 4 N–H and O–H groups in total. The van der Waals surface area contributed by atoms with Crippen LogP contribution in [0.1, 0.15) is 26.3 Å². The molecule has 100 valence electrons. The van der Waals surface area contributed by atoms with E-state index in [0.29, 0.717) is 6.42 Å². The van der Waals surface area contributed by atoms with E-state index < -0.39 is 0 Å². The first-order valence-electron chi connectivity index (χ1n) is 6.23. The molecule has 0 aliphatic rings. The highest BCUT2D eigenvalue weighted by Crippen LogP contribution is 2.09. The Bertz CT molecular complexity index is 379. The molecular weight excluding hydrogens is 226 g/mol. The Kier molecular flexibility index (Phi) is 5.16. The van der Waals surface area contributed by atoms with Crippen LogP contribution in [0.15, 0.2) is 24.3 Å². The van der Waals surface area contributed by atoms with Crippen molar-refractivity contribution in [1.29, 1.82) is 0 Å². The first-order valence-corrected chi connectivity index (χ1v) is 6.23. The van der Waals surface area contributed by atoms with E-state index in [0.717, 1.165) is 24.3 Å². The molecule has 0 heterocycles. The van der Waals surface area contributed by atoms with Gasteiger partial charge in [-0.3, -0.25) is 4.79 Å². The van der Waals surface area contributed by atoms with Gasteiger partial charge >= 0.3 is 0 Å². The standard InChI is InChI=1S/C14H23N3O/c1-14(2,3)17-9-8-16-12-6-4-11(5-7-12)10-13(15)18/h4-7,16-17H,8-10H2,1-3H3,(H2,15,18). The molecule has 18 heavy (non-hydrogen) atoms. The smallest absolute Gasteiger partial charge is 0.221 e. The molecule has 0 unspecified atom stereocenters. The average molecular weight is 249 g/mol. The Labute approximate surface area is 109 Å². The highest BCUT2D eigenvalue weighted by Gasteiger charge is 2.06. The number of carbonyl (C=O) groups is 1. The number of hydrogen-bond acceptors (Lipinski definition) is 3. The average Bonchev–Trinajstić information content (AvgIpc) is 2.24. The van der Waals surface area contributed by atoms with Gasteiger partial charge < -0.3 is 16.4 Å². The van der Waals surface area contributed by atoms with Crippen molar-refractivity contribution in [3.05, 3.63) is 29.8 Å². The van der Waals surface area contributed by atoms with Crippen LogP contribution < -0.4 is 16.4 Å². The second kappa shape index (κ2) is 6.40. The van der Waals surface area contributed by atoms with Crippen LogP contribution in [0.3, 0.4) is 0 Å². The zero-order valence-corrected chi connectivity index (χ0v) is 11.4. The predicted molar refractivity (Wildman–Crippen MR) is 75.6 cm³/mol. The molecule has 0 spiro atoms. The fourth-order valence-electron chi connectivity index (χ4n) is 1.59. The Hall–Kier alpha value is -1.55. The van der Waals surface area contributed by atoms with Gasteiger partial charge in [-0.05, 0) is 38.5 Å². The molecule has 0 aliphatic heterocycles. The zero-order valence-electron chi connectivity index (χ0n) is 11.4. The van der Waals surface area contributed by atoms with Gasteiger partial charge in [0.2, 0.25) is 5.91 Å². The number of carbonyl (C=O) groups excluding carboxylic acids is 1. The molecule has 0 aromatic heterocycles. The van der Waals surface area contributed by atoms with Crippen LogP contribution in [0.25, 0.3) is 0 Å². The van der Waals surface area contributed by atoms with Gasteiger partial charge in [0, 0.05) is 24.3 Å². The molecule has 4 nitrogen and oxygen atoms in total. The molecule has 0 radical (unpaired) electrons. The lowest BCUT2D eigenvalue weighted by Gasteiger charge is -2.20. The summed E-state index contributed by atoms with van der Waals surface area (Å²) in [7, 11) is 0. The fraction of sp³-hybridized carbons (Fsp3) is 0.500. The van der Waals surface area contributed by atoms with E-state index in [9.17, 15) is 4.79 Å². The second-order valence-electron chi connectivity index (χ2n) is 5.44. The van der Waals surface area contributed by atoms with Crippen molar-refractivity contribution in [1.82, 2.24) is 5.32 Å². The van der Waals surface area contributed by atoms with Gasteiger partial charge in [-0.2, -0.15) is 0 Å². The highest BCUT2D eigenvalue weighted by molar-refractivity contribution is 5.76. The molecule has 0 bridgehead atoms. The van der Waals surface area contributed by atoms with Gasteiger partial charge in [0.05, 0.1) is 6.42 Å². The van der Waals surface area contributed by atoms with Crippen molar-refractivity contribution < 1.29 is 4.79 Å². The summed E-state index contributed by atoms with van der Waals surface area (Å²) >= 11 is 0. The first kappa shape index (κ1) is 14.5. The van der Waals surface area contributed by atoms with Crippen LogP contribution in [-0.2, 0) is 11.2 Å². The number of nitrogens with two attached hydrogens (primary N) is 1. The minimum Gasteiger partial charge on any atom is -0.384 e. The summed E-state index contributed by atoms with van der Waals surface area (Å²) in [5.41, 5.74) is 7.28. The van der Waals surface area contributed by atoms with Gasteiger partial charge in [0.15, 0.2) is 0 Å². The second-order valence-corrected chi connectivity index (χ2v) is 5.44. The lowest BCUT2D eigenvalue weighted by atomic mass is 10.1. The van der Waals surface area contributed by atoms with Crippen LogP contribution in [0.5, 0.6) is 0 Å². The molecule has 0 atom stereocenters. The van der Waals surface area contributed by atoms with Gasteiger partial charge in [0.25, 0.3) is 0 Å². The minimum absolute atomic E-state index is 0.146. The molecule has 1 aromatic rings. The number of amides is 1. The van der Waals surface area contributed by atoms with Crippen molar-refractivity contribution in [2.45, 2.75) is 32.7 Å². The Morgan fingerprint density at radius 3 is 2.28 bits per heavy atom. The van der Waals surface area contributed by atoms with Gasteiger partial charge in [0.1, 0.15) is 0 Å². The summed E-state index contributed by atoms with van der Waals surface area (Å²) < 4.78 is 0. The fourth-order valence-corrected chi connectivity index (χ4v) is 1.59. The molecule has 1 amide bonds. The third-order valence-corrected chi connectivity index (χ3v) is 2.44. The van der Waals surface area contributed by atoms with Crippen molar-refractivity contribution in [2.24, 2.45) is 5.73 Å². The summed E-state index contributed by atoms with van der Waals surface area (Å²) in [4.78, 5) is 10.8. The summed E-state index contributed by atoms with van der Waals surface area (Å²) in [5, 5.41) is 6.73. The Morgan fingerprint density at radius 2 is 1.78 bits per heavy atom. The van der Waals surface area contributed by atoms with Gasteiger partial charge in [-0.15, -0.1) is 0 Å². The van der Waals surface area contributed by atoms with E-state index in [4.69, 9.17) is 5.73 Å². The lowest BCUT2D eigenvalue weighted by Crippen LogP contribution is -2.38. The van der Waals surface area contributed by atoms with E-state index in [-0.39, 0.29) is 11.4 Å². The third kappa shape index (κ3) is 6.25. The van der Waals surface area contributed by atoms with Crippen LogP contribution in [0, 0.1) is 0 Å². The first-order chi connectivity index (χ1) is 8.37. The monoisotopic (exact) mass is 249 g/mol. The third-order valence-electron chi connectivity index (χ3n) is 2.44. The Balaban J connectivity index is 2.33. The number of primary amides is 1. The summed E-state index contributed by atoms with van der Waals surface area (Å²) in [5.74, 6) is -0.301. The quantitative estimate of drug-likeness (QED) is 0.670. The van der Waals surface area contributed by atoms with E-state index in [1.165, 1.54) is 0 Å². The summed E-state index contributed by atoms with van der Waals surface area (Å²) in [6.07, 6.45) is 0.297. The topological polar surface area (TPSA) is 67.2 Å². The highest BCUT2D eigenvalue weighted by atomic mass is 16.1. The predicted octanol–water partition coefficient (Wildman–Crippen LogP) is 1.51. The summed E-state index contributed by atoms with van der Waals surface area (Å²) in [6, 6.07) is 7.78. The van der Waals surface area contributed by atoms with Crippen molar-refractivity contribution >= 4 is 11.6 Å². The van der Waals surface area contributed by atoms with Crippen molar-refractivity contribution in [2.75, 3.05) is 18.4 Å². The van der Waals surface area contributed by atoms with Crippen LogP contribution in [-0.4, -0.2) is 24.5 Å². The van der Waals surface area contributed by atoms with E-state index in [2.05, 4.69) is 31.4 Å². The maximum Gasteiger partial charge on any atom is 0.221 e. The molecule has 4 heteroatoms.